The van der Waals surface area contributed by atoms with Crippen molar-refractivity contribution in [3.8, 4) is 0 Å². The molecule has 1 aromatic carbocycles. The summed E-state index contributed by atoms with van der Waals surface area (Å²) >= 11 is 7.01. The number of amides is 1. The first-order valence-corrected chi connectivity index (χ1v) is 8.62. The van der Waals surface area contributed by atoms with Gasteiger partial charge in [-0.2, -0.15) is 0 Å². The summed E-state index contributed by atoms with van der Waals surface area (Å²) in [6.45, 7) is 4.31. The van der Waals surface area contributed by atoms with Gasteiger partial charge in [0.2, 0.25) is 5.91 Å². The van der Waals surface area contributed by atoms with Crippen LogP contribution >= 0.6 is 31.9 Å². The number of hydrogen-bond donors (Lipinski definition) is 1. The molecule has 0 aromatic heterocycles. The third-order valence-electron chi connectivity index (χ3n) is 3.70. The minimum atomic E-state index is 0.145. The van der Waals surface area contributed by atoms with Gasteiger partial charge in [-0.15, -0.1) is 0 Å². The third kappa shape index (κ3) is 4.30. The van der Waals surface area contributed by atoms with Gasteiger partial charge in [0.05, 0.1) is 6.54 Å². The highest BCUT2D eigenvalue weighted by atomic mass is 79.9. The summed E-state index contributed by atoms with van der Waals surface area (Å²) in [5.41, 5.74) is 1.17. The molecule has 5 heteroatoms. The Morgan fingerprint density at radius 3 is 2.65 bits per heavy atom. The van der Waals surface area contributed by atoms with Crippen molar-refractivity contribution in [1.29, 1.82) is 0 Å². The van der Waals surface area contributed by atoms with E-state index in [1.54, 1.807) is 0 Å². The van der Waals surface area contributed by atoms with Gasteiger partial charge >= 0.3 is 0 Å². The topological polar surface area (TPSA) is 32.3 Å². The zero-order chi connectivity index (χ0) is 14.5. The molecule has 1 aliphatic rings. The fourth-order valence-corrected chi connectivity index (χ4v) is 3.85. The lowest BCUT2D eigenvalue weighted by atomic mass is 10.1. The lowest BCUT2D eigenvalue weighted by Crippen LogP contribution is -2.41. The SMILES string of the molecule is CC(NCC(=O)N1CCCCC1)c1ccc(Br)cc1Br. The lowest BCUT2D eigenvalue weighted by molar-refractivity contribution is -0.131. The van der Waals surface area contributed by atoms with Crippen LogP contribution in [-0.2, 0) is 4.79 Å². The first kappa shape index (κ1) is 16.0. The average molecular weight is 404 g/mol. The summed E-state index contributed by atoms with van der Waals surface area (Å²) in [6, 6.07) is 6.26. The predicted octanol–water partition coefficient (Wildman–Crippen LogP) is 3.87. The standard InChI is InChI=1S/C15H20Br2N2O/c1-11(13-6-5-12(16)9-14(13)17)18-10-15(20)19-7-3-2-4-8-19/h5-6,9,11,18H,2-4,7-8,10H2,1H3. The van der Waals surface area contributed by atoms with Crippen molar-refractivity contribution in [3.05, 3.63) is 32.7 Å². The molecule has 1 saturated heterocycles. The van der Waals surface area contributed by atoms with Gasteiger partial charge in [0.15, 0.2) is 0 Å². The Morgan fingerprint density at radius 1 is 1.30 bits per heavy atom. The van der Waals surface area contributed by atoms with Crippen LogP contribution in [0.25, 0.3) is 0 Å². The normalized spacial score (nSPS) is 17.1. The molecule has 0 aliphatic carbocycles. The zero-order valence-electron chi connectivity index (χ0n) is 11.7. The van der Waals surface area contributed by atoms with E-state index in [-0.39, 0.29) is 11.9 Å². The smallest absolute Gasteiger partial charge is 0.236 e. The predicted molar refractivity (Wildman–Crippen MR) is 88.7 cm³/mol. The molecule has 0 spiro atoms. The molecule has 3 nitrogen and oxygen atoms in total. The highest BCUT2D eigenvalue weighted by Crippen LogP contribution is 2.26. The minimum absolute atomic E-state index is 0.145. The first-order chi connectivity index (χ1) is 9.58. The minimum Gasteiger partial charge on any atom is -0.342 e. The number of halogens is 2. The molecule has 0 bridgehead atoms. The number of carbonyl (C=O) groups excluding carboxylic acids is 1. The number of likely N-dealkylation sites (tertiary alicyclic amines) is 1. The van der Waals surface area contributed by atoms with Gasteiger partial charge in [-0.25, -0.2) is 0 Å². The second kappa shape index (κ2) is 7.57. The molecule has 2 rings (SSSR count). The van der Waals surface area contributed by atoms with Gasteiger partial charge in [0.25, 0.3) is 0 Å². The van der Waals surface area contributed by atoms with Gasteiger partial charge in [-0.05, 0) is 43.9 Å². The number of benzene rings is 1. The Bertz CT molecular complexity index is 473. The second-order valence-corrected chi connectivity index (χ2v) is 6.98. The maximum Gasteiger partial charge on any atom is 0.236 e. The number of piperidine rings is 1. The van der Waals surface area contributed by atoms with E-state index in [1.165, 1.54) is 12.0 Å². The van der Waals surface area contributed by atoms with E-state index in [4.69, 9.17) is 0 Å². The quantitative estimate of drug-likeness (QED) is 0.827. The molecule has 0 saturated carbocycles. The van der Waals surface area contributed by atoms with Crippen molar-refractivity contribution in [3.63, 3.8) is 0 Å². The van der Waals surface area contributed by atoms with Crippen LogP contribution in [0, 0.1) is 0 Å². The van der Waals surface area contributed by atoms with Crippen LogP contribution < -0.4 is 5.32 Å². The summed E-state index contributed by atoms with van der Waals surface area (Å²) < 4.78 is 2.10. The van der Waals surface area contributed by atoms with Crippen LogP contribution in [0.2, 0.25) is 0 Å². The van der Waals surface area contributed by atoms with Crippen molar-refractivity contribution in [2.45, 2.75) is 32.2 Å². The monoisotopic (exact) mass is 402 g/mol. The number of carbonyl (C=O) groups is 1. The van der Waals surface area contributed by atoms with E-state index >= 15 is 0 Å². The highest BCUT2D eigenvalue weighted by molar-refractivity contribution is 9.11. The Hall–Kier alpha value is -0.390. The number of rotatable bonds is 4. The van der Waals surface area contributed by atoms with Gasteiger partial charge in [-0.1, -0.05) is 37.9 Å². The van der Waals surface area contributed by atoms with Crippen molar-refractivity contribution in [2.24, 2.45) is 0 Å². The number of nitrogens with zero attached hydrogens (tertiary/aromatic N) is 1. The van der Waals surface area contributed by atoms with Crippen molar-refractivity contribution < 1.29 is 4.79 Å². The van der Waals surface area contributed by atoms with Crippen molar-refractivity contribution >= 4 is 37.8 Å². The van der Waals surface area contributed by atoms with Gasteiger partial charge in [-0.3, -0.25) is 4.79 Å². The Labute approximate surface area is 137 Å². The molecular weight excluding hydrogens is 384 g/mol. The van der Waals surface area contributed by atoms with Gasteiger partial charge in [0, 0.05) is 28.1 Å². The molecule has 1 fully saturated rings. The molecule has 1 aromatic rings. The van der Waals surface area contributed by atoms with E-state index in [0.29, 0.717) is 6.54 Å². The molecule has 1 unspecified atom stereocenters. The largest absolute Gasteiger partial charge is 0.342 e. The fourth-order valence-electron chi connectivity index (χ4n) is 2.46. The van der Waals surface area contributed by atoms with Crippen LogP contribution in [0.1, 0.15) is 37.8 Å². The molecule has 1 aliphatic heterocycles. The van der Waals surface area contributed by atoms with Crippen LogP contribution in [0.15, 0.2) is 27.1 Å². The van der Waals surface area contributed by atoms with E-state index < -0.39 is 0 Å². The van der Waals surface area contributed by atoms with Crippen LogP contribution in [0.5, 0.6) is 0 Å². The molecule has 110 valence electrons. The van der Waals surface area contributed by atoms with Crippen molar-refractivity contribution in [2.75, 3.05) is 19.6 Å². The molecule has 1 N–H and O–H groups in total. The van der Waals surface area contributed by atoms with E-state index in [2.05, 4.69) is 50.2 Å². The van der Waals surface area contributed by atoms with Gasteiger partial charge < -0.3 is 10.2 Å². The summed E-state index contributed by atoms with van der Waals surface area (Å²) in [5, 5.41) is 3.32. The molecular formula is C15H20Br2N2O. The van der Waals surface area contributed by atoms with Gasteiger partial charge in [0.1, 0.15) is 0 Å². The van der Waals surface area contributed by atoms with Crippen LogP contribution in [-0.4, -0.2) is 30.4 Å². The lowest BCUT2D eigenvalue weighted by Gasteiger charge is -2.27. The Kier molecular flexibility index (Phi) is 6.05. The fraction of sp³-hybridized carbons (Fsp3) is 0.533. The van der Waals surface area contributed by atoms with E-state index in [9.17, 15) is 4.79 Å². The Morgan fingerprint density at radius 2 is 2.00 bits per heavy atom. The molecule has 1 heterocycles. The van der Waals surface area contributed by atoms with Crippen LogP contribution in [0.3, 0.4) is 0 Å². The number of nitrogens with one attached hydrogen (secondary N) is 1. The number of hydrogen-bond acceptors (Lipinski definition) is 2. The summed E-state index contributed by atoms with van der Waals surface area (Å²) in [4.78, 5) is 14.1. The molecule has 1 amide bonds. The summed E-state index contributed by atoms with van der Waals surface area (Å²) in [5.74, 6) is 0.213. The first-order valence-electron chi connectivity index (χ1n) is 7.04. The summed E-state index contributed by atoms with van der Waals surface area (Å²) in [6.07, 6.45) is 3.53. The van der Waals surface area contributed by atoms with E-state index in [1.807, 2.05) is 17.0 Å². The second-order valence-electron chi connectivity index (χ2n) is 5.21. The maximum absolute atomic E-state index is 12.1. The summed E-state index contributed by atoms with van der Waals surface area (Å²) in [7, 11) is 0. The third-order valence-corrected chi connectivity index (χ3v) is 4.88. The maximum atomic E-state index is 12.1. The molecule has 1 atom stereocenters. The average Bonchev–Trinajstić information content (AvgIpc) is 2.45. The molecule has 20 heavy (non-hydrogen) atoms. The van der Waals surface area contributed by atoms with E-state index in [0.717, 1.165) is 34.9 Å². The molecule has 0 radical (unpaired) electrons. The van der Waals surface area contributed by atoms with Crippen LogP contribution in [0.4, 0.5) is 0 Å². The highest BCUT2D eigenvalue weighted by Gasteiger charge is 2.17. The Balaban J connectivity index is 1.87. The zero-order valence-corrected chi connectivity index (χ0v) is 14.8. The van der Waals surface area contributed by atoms with Crippen molar-refractivity contribution in [1.82, 2.24) is 10.2 Å².